The number of carbonyl (C=O) groups excluding carboxylic acids is 3. The minimum atomic E-state index is -0.848. The molecule has 0 saturated carbocycles. The topological polar surface area (TPSA) is 73.0 Å². The van der Waals surface area contributed by atoms with Gasteiger partial charge >= 0.3 is 6.03 Å². The van der Waals surface area contributed by atoms with Crippen molar-refractivity contribution in [1.29, 1.82) is 0 Å². The van der Waals surface area contributed by atoms with Crippen LogP contribution in [-0.2, 0) is 16.0 Å². The Morgan fingerprint density at radius 2 is 1.91 bits per heavy atom. The van der Waals surface area contributed by atoms with Crippen molar-refractivity contribution in [2.45, 2.75) is 58.4 Å². The molecule has 7 nitrogen and oxygen atoms in total. The van der Waals surface area contributed by atoms with Crippen LogP contribution in [0.25, 0.3) is 0 Å². The molecule has 2 aliphatic heterocycles. The molecule has 1 aromatic carbocycles. The normalized spacial score (nSPS) is 21.9. The molecule has 0 aromatic heterocycles. The molecule has 0 unspecified atom stereocenters. The second kappa shape index (κ2) is 10.7. The van der Waals surface area contributed by atoms with Gasteiger partial charge in [0.2, 0.25) is 5.91 Å². The van der Waals surface area contributed by atoms with E-state index in [9.17, 15) is 14.4 Å². The number of likely N-dealkylation sites (N-methyl/N-ethyl adjacent to an activating group) is 1. The molecule has 1 aromatic rings. The highest BCUT2D eigenvalue weighted by atomic mass is 16.2. The Balaban J connectivity index is 1.69. The SMILES string of the molecule is Cc1cccc(CC(=O)N2CCC([C@]3(CCC(C)C)NC(=O)N(CCN(C)C)C3=O)CC2)c1. The van der Waals surface area contributed by atoms with Crippen molar-refractivity contribution in [2.75, 3.05) is 40.3 Å². The van der Waals surface area contributed by atoms with E-state index >= 15 is 0 Å². The first-order chi connectivity index (χ1) is 15.6. The van der Waals surface area contributed by atoms with E-state index < -0.39 is 5.54 Å². The van der Waals surface area contributed by atoms with Gasteiger partial charge in [-0.25, -0.2) is 4.79 Å². The molecule has 33 heavy (non-hydrogen) atoms. The highest BCUT2D eigenvalue weighted by Gasteiger charge is 2.55. The van der Waals surface area contributed by atoms with Crippen molar-refractivity contribution in [1.82, 2.24) is 20.0 Å². The van der Waals surface area contributed by atoms with Crippen LogP contribution in [0, 0.1) is 18.8 Å². The average molecular weight is 457 g/mol. The lowest BCUT2D eigenvalue weighted by Gasteiger charge is -2.41. The third-order valence-electron chi connectivity index (χ3n) is 7.07. The van der Waals surface area contributed by atoms with E-state index in [1.165, 1.54) is 4.90 Å². The number of urea groups is 1. The Labute approximate surface area is 198 Å². The summed E-state index contributed by atoms with van der Waals surface area (Å²) >= 11 is 0. The van der Waals surface area contributed by atoms with E-state index in [2.05, 4.69) is 25.2 Å². The first-order valence-corrected chi connectivity index (χ1v) is 12.2. The van der Waals surface area contributed by atoms with Crippen LogP contribution in [-0.4, -0.2) is 78.4 Å². The molecule has 2 saturated heterocycles. The summed E-state index contributed by atoms with van der Waals surface area (Å²) in [7, 11) is 3.88. The molecule has 2 aliphatic rings. The van der Waals surface area contributed by atoms with Crippen LogP contribution >= 0.6 is 0 Å². The molecule has 0 aliphatic carbocycles. The maximum atomic E-state index is 13.6. The van der Waals surface area contributed by atoms with Gasteiger partial charge in [-0.1, -0.05) is 43.7 Å². The van der Waals surface area contributed by atoms with E-state index in [4.69, 9.17) is 0 Å². The molecule has 2 heterocycles. The van der Waals surface area contributed by atoms with E-state index in [1.54, 1.807) is 0 Å². The summed E-state index contributed by atoms with van der Waals surface area (Å²) in [5, 5.41) is 3.12. The minimum absolute atomic E-state index is 0.0417. The fourth-order valence-electron chi connectivity index (χ4n) is 5.04. The van der Waals surface area contributed by atoms with Crippen LogP contribution in [0.3, 0.4) is 0 Å². The fourth-order valence-corrected chi connectivity index (χ4v) is 5.04. The third-order valence-corrected chi connectivity index (χ3v) is 7.07. The van der Waals surface area contributed by atoms with Gasteiger partial charge in [0, 0.05) is 26.2 Å². The van der Waals surface area contributed by atoms with Crippen LogP contribution in [0.1, 0.15) is 50.7 Å². The van der Waals surface area contributed by atoms with Crippen molar-refractivity contribution in [2.24, 2.45) is 11.8 Å². The van der Waals surface area contributed by atoms with Gasteiger partial charge in [-0.3, -0.25) is 14.5 Å². The largest absolute Gasteiger partial charge is 0.342 e. The monoisotopic (exact) mass is 456 g/mol. The number of aryl methyl sites for hydroxylation is 1. The number of rotatable bonds is 9. The molecular formula is C26H40N4O3. The van der Waals surface area contributed by atoms with Crippen molar-refractivity contribution in [3.63, 3.8) is 0 Å². The van der Waals surface area contributed by atoms with Crippen molar-refractivity contribution >= 4 is 17.8 Å². The van der Waals surface area contributed by atoms with Gasteiger partial charge in [-0.05, 0) is 64.1 Å². The van der Waals surface area contributed by atoms with E-state index in [0.29, 0.717) is 44.9 Å². The van der Waals surface area contributed by atoms with Gasteiger partial charge in [0.15, 0.2) is 0 Å². The number of amides is 4. The van der Waals surface area contributed by atoms with E-state index in [1.807, 2.05) is 49.0 Å². The van der Waals surface area contributed by atoms with Crippen molar-refractivity contribution in [3.8, 4) is 0 Å². The number of carbonyl (C=O) groups is 3. The Morgan fingerprint density at radius 3 is 2.52 bits per heavy atom. The molecule has 0 spiro atoms. The number of imide groups is 1. The lowest BCUT2D eigenvalue weighted by atomic mass is 9.73. The first kappa shape index (κ1) is 25.2. The fraction of sp³-hybridized carbons (Fsp3) is 0.654. The zero-order chi connectivity index (χ0) is 24.2. The number of nitrogens with one attached hydrogen (secondary N) is 1. The molecule has 3 rings (SSSR count). The summed E-state index contributed by atoms with van der Waals surface area (Å²) in [5.74, 6) is 0.530. The van der Waals surface area contributed by atoms with Crippen LogP contribution in [0.15, 0.2) is 24.3 Å². The van der Waals surface area contributed by atoms with Gasteiger partial charge in [-0.15, -0.1) is 0 Å². The molecule has 182 valence electrons. The number of piperidine rings is 1. The molecule has 1 atom stereocenters. The summed E-state index contributed by atoms with van der Waals surface area (Å²) in [6.45, 7) is 8.61. The minimum Gasteiger partial charge on any atom is -0.342 e. The van der Waals surface area contributed by atoms with Crippen molar-refractivity contribution < 1.29 is 14.4 Å². The van der Waals surface area contributed by atoms with E-state index in [-0.39, 0.29) is 23.8 Å². The third kappa shape index (κ3) is 5.94. The number of hydrogen-bond donors (Lipinski definition) is 1. The number of benzene rings is 1. The lowest BCUT2D eigenvalue weighted by molar-refractivity contribution is -0.136. The summed E-state index contributed by atoms with van der Waals surface area (Å²) < 4.78 is 0. The number of likely N-dealkylation sites (tertiary alicyclic amines) is 1. The Kier molecular flexibility index (Phi) is 8.16. The summed E-state index contributed by atoms with van der Waals surface area (Å²) in [4.78, 5) is 44.6. The Hall–Kier alpha value is -2.41. The second-order valence-corrected chi connectivity index (χ2v) is 10.4. The maximum Gasteiger partial charge on any atom is 0.325 e. The number of hydrogen-bond acceptors (Lipinski definition) is 4. The first-order valence-electron chi connectivity index (χ1n) is 12.2. The van der Waals surface area contributed by atoms with E-state index in [0.717, 1.165) is 30.4 Å². The summed E-state index contributed by atoms with van der Waals surface area (Å²) in [6.07, 6.45) is 3.38. The van der Waals surface area contributed by atoms with Gasteiger partial charge in [-0.2, -0.15) is 0 Å². The second-order valence-electron chi connectivity index (χ2n) is 10.4. The molecule has 0 bridgehead atoms. The molecule has 4 amide bonds. The quantitative estimate of drug-likeness (QED) is 0.580. The molecular weight excluding hydrogens is 416 g/mol. The highest BCUT2D eigenvalue weighted by molar-refractivity contribution is 6.07. The van der Waals surface area contributed by atoms with Crippen LogP contribution in [0.4, 0.5) is 4.79 Å². The summed E-state index contributed by atoms with van der Waals surface area (Å²) in [5.41, 5.74) is 1.34. The Morgan fingerprint density at radius 1 is 1.21 bits per heavy atom. The molecule has 7 heteroatoms. The molecule has 2 fully saturated rings. The van der Waals surface area contributed by atoms with Crippen LogP contribution in [0.2, 0.25) is 0 Å². The zero-order valence-corrected chi connectivity index (χ0v) is 20.9. The van der Waals surface area contributed by atoms with Crippen LogP contribution < -0.4 is 5.32 Å². The standard InChI is InChI=1S/C26H40N4O3/c1-19(2)9-12-26(24(32)30(25(33)27-26)16-15-28(4)5)22-10-13-29(14-11-22)23(31)18-21-8-6-7-20(3)17-21/h6-8,17,19,22H,9-16,18H2,1-5H3,(H,27,33)/t26-/m0/s1. The zero-order valence-electron chi connectivity index (χ0n) is 20.9. The predicted octanol–water partition coefficient (Wildman–Crippen LogP) is 3.06. The molecule has 0 radical (unpaired) electrons. The van der Waals surface area contributed by atoms with Gasteiger partial charge in [0.25, 0.3) is 5.91 Å². The van der Waals surface area contributed by atoms with Gasteiger partial charge < -0.3 is 15.1 Å². The van der Waals surface area contributed by atoms with Gasteiger partial charge in [0.05, 0.1) is 6.42 Å². The highest BCUT2D eigenvalue weighted by Crippen LogP contribution is 2.38. The smallest absolute Gasteiger partial charge is 0.325 e. The predicted molar refractivity (Wildman–Crippen MR) is 130 cm³/mol. The molecule has 1 N–H and O–H groups in total. The number of nitrogens with zero attached hydrogens (tertiary/aromatic N) is 3. The maximum absolute atomic E-state index is 13.6. The lowest BCUT2D eigenvalue weighted by Crippen LogP contribution is -2.57. The average Bonchev–Trinajstić information content (AvgIpc) is 3.01. The van der Waals surface area contributed by atoms with Crippen molar-refractivity contribution in [3.05, 3.63) is 35.4 Å². The summed E-state index contributed by atoms with van der Waals surface area (Å²) in [6, 6.07) is 7.79. The van der Waals surface area contributed by atoms with Crippen LogP contribution in [0.5, 0.6) is 0 Å². The Bertz CT molecular complexity index is 861. The van der Waals surface area contributed by atoms with Gasteiger partial charge in [0.1, 0.15) is 5.54 Å².